The van der Waals surface area contributed by atoms with Crippen molar-refractivity contribution in [1.29, 1.82) is 0 Å². The molecule has 0 atom stereocenters. The minimum absolute atomic E-state index is 0.0272. The highest BCUT2D eigenvalue weighted by molar-refractivity contribution is 7.80. The van der Waals surface area contributed by atoms with Gasteiger partial charge in [-0.05, 0) is 32.1 Å². The molecule has 0 saturated heterocycles. The summed E-state index contributed by atoms with van der Waals surface area (Å²) in [6, 6.07) is 6.27. The van der Waals surface area contributed by atoms with E-state index in [0.29, 0.717) is 17.3 Å². The maximum absolute atomic E-state index is 10.8. The number of hydrogen-bond acceptors (Lipinski definition) is 4. The van der Waals surface area contributed by atoms with Crippen molar-refractivity contribution in [3.63, 3.8) is 0 Å². The second kappa shape index (κ2) is 6.74. The van der Waals surface area contributed by atoms with Gasteiger partial charge in [-0.3, -0.25) is 14.8 Å². The Morgan fingerprint density at radius 1 is 1.48 bits per heavy atom. The van der Waals surface area contributed by atoms with Crippen LogP contribution in [0.25, 0.3) is 0 Å². The second-order valence-corrected chi connectivity index (χ2v) is 5.75. The highest BCUT2D eigenvalue weighted by atomic mass is 32.1. The van der Waals surface area contributed by atoms with E-state index < -0.39 is 4.92 Å². The van der Waals surface area contributed by atoms with Crippen LogP contribution in [-0.4, -0.2) is 31.8 Å². The fraction of sp³-hybridized carbons (Fsp3) is 0.333. The SMILES string of the molecule is Cc1nn(C)c(C)c1CN(C)C(=S)Nc1cccc([N+](=O)[O-])c1. The summed E-state index contributed by atoms with van der Waals surface area (Å²) in [5, 5.41) is 18.7. The summed E-state index contributed by atoms with van der Waals surface area (Å²) in [4.78, 5) is 12.3. The summed E-state index contributed by atoms with van der Waals surface area (Å²) in [6.45, 7) is 4.60. The zero-order valence-electron chi connectivity index (χ0n) is 13.5. The normalized spacial score (nSPS) is 10.4. The molecule has 0 aliphatic carbocycles. The molecule has 0 saturated carbocycles. The zero-order chi connectivity index (χ0) is 17.1. The van der Waals surface area contributed by atoms with Crippen molar-refractivity contribution >= 4 is 28.7 Å². The van der Waals surface area contributed by atoms with Crippen molar-refractivity contribution in [3.05, 3.63) is 51.3 Å². The molecule has 1 N–H and O–H groups in total. The third-order valence-electron chi connectivity index (χ3n) is 3.71. The largest absolute Gasteiger partial charge is 0.348 e. The number of nitro benzene ring substituents is 1. The van der Waals surface area contributed by atoms with Gasteiger partial charge in [0.25, 0.3) is 5.69 Å². The van der Waals surface area contributed by atoms with Crippen molar-refractivity contribution < 1.29 is 4.92 Å². The number of non-ortho nitro benzene ring substituents is 1. The zero-order valence-corrected chi connectivity index (χ0v) is 14.3. The van der Waals surface area contributed by atoms with Gasteiger partial charge in [0.05, 0.1) is 10.6 Å². The number of anilines is 1. The Bertz CT molecular complexity index is 756. The predicted octanol–water partition coefficient (Wildman–Crippen LogP) is 2.77. The Balaban J connectivity index is 2.08. The molecule has 23 heavy (non-hydrogen) atoms. The number of thiocarbonyl (C=S) groups is 1. The molecule has 0 aliphatic heterocycles. The Morgan fingerprint density at radius 3 is 2.74 bits per heavy atom. The van der Waals surface area contributed by atoms with Gasteiger partial charge >= 0.3 is 0 Å². The third-order valence-corrected chi connectivity index (χ3v) is 4.12. The first-order valence-corrected chi connectivity index (χ1v) is 7.46. The number of nitro groups is 1. The van der Waals surface area contributed by atoms with Crippen LogP contribution < -0.4 is 5.32 Å². The molecule has 0 fully saturated rings. The Labute approximate surface area is 140 Å². The van der Waals surface area contributed by atoms with Crippen LogP contribution in [0.4, 0.5) is 11.4 Å². The molecule has 122 valence electrons. The van der Waals surface area contributed by atoms with E-state index >= 15 is 0 Å². The maximum atomic E-state index is 10.8. The van der Waals surface area contributed by atoms with Gasteiger partial charge in [-0.15, -0.1) is 0 Å². The molecule has 0 amide bonds. The quantitative estimate of drug-likeness (QED) is 0.527. The number of nitrogens with one attached hydrogen (secondary N) is 1. The molecule has 0 spiro atoms. The van der Waals surface area contributed by atoms with Crippen LogP contribution in [0.15, 0.2) is 24.3 Å². The number of benzene rings is 1. The van der Waals surface area contributed by atoms with Gasteiger partial charge in [0, 0.05) is 49.7 Å². The van der Waals surface area contributed by atoms with Gasteiger partial charge in [-0.2, -0.15) is 5.10 Å². The van der Waals surface area contributed by atoms with E-state index in [0.717, 1.165) is 17.0 Å². The van der Waals surface area contributed by atoms with Crippen LogP contribution >= 0.6 is 12.2 Å². The number of hydrogen-bond donors (Lipinski definition) is 1. The third kappa shape index (κ3) is 3.84. The lowest BCUT2D eigenvalue weighted by Gasteiger charge is -2.21. The van der Waals surface area contributed by atoms with Gasteiger partial charge in [0.2, 0.25) is 0 Å². The van der Waals surface area contributed by atoms with Crippen molar-refractivity contribution in [3.8, 4) is 0 Å². The molecule has 2 aromatic rings. The molecular formula is C15H19N5O2S. The minimum atomic E-state index is -0.430. The summed E-state index contributed by atoms with van der Waals surface area (Å²) >= 11 is 5.38. The summed E-state index contributed by atoms with van der Waals surface area (Å²) in [6.07, 6.45) is 0. The Morgan fingerprint density at radius 2 is 2.17 bits per heavy atom. The van der Waals surface area contributed by atoms with E-state index in [1.165, 1.54) is 12.1 Å². The Hall–Kier alpha value is -2.48. The summed E-state index contributed by atoms with van der Waals surface area (Å²) < 4.78 is 1.84. The van der Waals surface area contributed by atoms with E-state index in [2.05, 4.69) is 10.4 Å². The van der Waals surface area contributed by atoms with Crippen LogP contribution in [0, 0.1) is 24.0 Å². The molecule has 7 nitrogen and oxygen atoms in total. The van der Waals surface area contributed by atoms with Crippen molar-refractivity contribution in [2.75, 3.05) is 12.4 Å². The number of aryl methyl sites for hydroxylation is 2. The van der Waals surface area contributed by atoms with E-state index in [-0.39, 0.29) is 5.69 Å². The van der Waals surface area contributed by atoms with Gasteiger partial charge < -0.3 is 10.2 Å². The predicted molar refractivity (Wildman–Crippen MR) is 93.5 cm³/mol. The molecule has 1 heterocycles. The maximum Gasteiger partial charge on any atom is 0.271 e. The van der Waals surface area contributed by atoms with E-state index in [4.69, 9.17) is 12.2 Å². The topological polar surface area (TPSA) is 76.2 Å². The molecule has 0 bridgehead atoms. The number of nitrogens with zero attached hydrogens (tertiary/aromatic N) is 4. The summed E-state index contributed by atoms with van der Waals surface area (Å²) in [5.41, 5.74) is 3.80. The molecule has 8 heteroatoms. The van der Waals surface area contributed by atoms with Gasteiger partial charge in [0.15, 0.2) is 5.11 Å². The van der Waals surface area contributed by atoms with Gasteiger partial charge in [-0.1, -0.05) is 6.07 Å². The first-order valence-electron chi connectivity index (χ1n) is 7.05. The average molecular weight is 333 g/mol. The smallest absolute Gasteiger partial charge is 0.271 e. The van der Waals surface area contributed by atoms with Gasteiger partial charge in [0.1, 0.15) is 0 Å². The first kappa shape index (κ1) is 16.9. The molecule has 0 radical (unpaired) electrons. The van der Waals surface area contributed by atoms with Crippen LogP contribution in [0.1, 0.15) is 17.0 Å². The van der Waals surface area contributed by atoms with E-state index in [1.54, 1.807) is 12.1 Å². The fourth-order valence-electron chi connectivity index (χ4n) is 2.27. The minimum Gasteiger partial charge on any atom is -0.348 e. The lowest BCUT2D eigenvalue weighted by molar-refractivity contribution is -0.384. The highest BCUT2D eigenvalue weighted by Gasteiger charge is 2.14. The van der Waals surface area contributed by atoms with Crippen LogP contribution in [0.5, 0.6) is 0 Å². The molecule has 2 rings (SSSR count). The average Bonchev–Trinajstić information content (AvgIpc) is 2.73. The van der Waals surface area contributed by atoms with E-state index in [9.17, 15) is 10.1 Å². The van der Waals surface area contributed by atoms with Crippen LogP contribution in [0.2, 0.25) is 0 Å². The first-order chi connectivity index (χ1) is 10.8. The molecular weight excluding hydrogens is 314 g/mol. The van der Waals surface area contributed by atoms with Crippen molar-refractivity contribution in [1.82, 2.24) is 14.7 Å². The van der Waals surface area contributed by atoms with Crippen LogP contribution in [0.3, 0.4) is 0 Å². The molecule has 0 aliphatic rings. The van der Waals surface area contributed by atoms with E-state index in [1.807, 2.05) is 37.5 Å². The number of rotatable bonds is 4. The molecule has 1 aromatic carbocycles. The Kier molecular flexibility index (Phi) is 4.95. The second-order valence-electron chi connectivity index (χ2n) is 5.37. The van der Waals surface area contributed by atoms with Gasteiger partial charge in [-0.25, -0.2) is 0 Å². The van der Waals surface area contributed by atoms with Crippen molar-refractivity contribution in [2.45, 2.75) is 20.4 Å². The monoisotopic (exact) mass is 333 g/mol. The lowest BCUT2D eigenvalue weighted by Crippen LogP contribution is -2.31. The summed E-state index contributed by atoms with van der Waals surface area (Å²) in [5.74, 6) is 0. The molecule has 0 unspecified atom stereocenters. The standard InChI is InChI=1S/C15H19N5O2S/c1-10-14(11(2)19(4)17-10)9-18(3)15(23)16-12-6-5-7-13(8-12)20(21)22/h5-8H,9H2,1-4H3,(H,16,23). The lowest BCUT2D eigenvalue weighted by atomic mass is 10.2. The highest BCUT2D eigenvalue weighted by Crippen LogP contribution is 2.18. The summed E-state index contributed by atoms with van der Waals surface area (Å²) in [7, 11) is 3.78. The fourth-order valence-corrected chi connectivity index (χ4v) is 2.45. The number of aromatic nitrogens is 2. The van der Waals surface area contributed by atoms with Crippen molar-refractivity contribution in [2.24, 2.45) is 7.05 Å². The molecule has 1 aromatic heterocycles. The van der Waals surface area contributed by atoms with Crippen LogP contribution in [-0.2, 0) is 13.6 Å².